The van der Waals surface area contributed by atoms with Crippen LogP contribution in [0.15, 0.2) is 36.7 Å². The number of nitrogens with zero attached hydrogens (tertiary/aromatic N) is 2. The summed E-state index contributed by atoms with van der Waals surface area (Å²) >= 11 is 6.20. The molecule has 1 unspecified atom stereocenters. The van der Waals surface area contributed by atoms with E-state index in [1.54, 1.807) is 6.20 Å². The Hall–Kier alpha value is -1.52. The number of benzene rings is 1. The highest BCUT2D eigenvalue weighted by molar-refractivity contribution is 6.31. The maximum atomic E-state index is 6.20. The Balaban J connectivity index is 2.00. The fraction of sp³-hybridized carbons (Fsp3) is 0.357. The van der Waals surface area contributed by atoms with E-state index >= 15 is 0 Å². The second-order valence-electron chi connectivity index (χ2n) is 4.52. The first kappa shape index (κ1) is 13.9. The van der Waals surface area contributed by atoms with Gasteiger partial charge in [0.2, 0.25) is 0 Å². The number of ether oxygens (including phenoxy) is 1. The van der Waals surface area contributed by atoms with Gasteiger partial charge in [0.25, 0.3) is 0 Å². The first-order valence-corrected chi connectivity index (χ1v) is 6.68. The Bertz CT molecular complexity index is 511. The Morgan fingerprint density at radius 2 is 2.26 bits per heavy atom. The van der Waals surface area contributed by atoms with Gasteiger partial charge in [-0.3, -0.25) is 4.68 Å². The van der Waals surface area contributed by atoms with E-state index in [1.807, 2.05) is 42.1 Å². The predicted octanol–water partition coefficient (Wildman–Crippen LogP) is 2.51. The van der Waals surface area contributed by atoms with Gasteiger partial charge in [-0.2, -0.15) is 5.10 Å². The van der Waals surface area contributed by atoms with Crippen LogP contribution in [0.5, 0.6) is 5.75 Å². The summed E-state index contributed by atoms with van der Waals surface area (Å²) in [6.07, 6.45) is 4.36. The van der Waals surface area contributed by atoms with Gasteiger partial charge < -0.3 is 10.5 Å². The molecule has 2 N–H and O–H groups in total. The number of hydrogen-bond acceptors (Lipinski definition) is 3. The lowest BCUT2D eigenvalue weighted by Gasteiger charge is -2.14. The average Bonchev–Trinajstić information content (AvgIpc) is 2.86. The fourth-order valence-electron chi connectivity index (χ4n) is 1.88. The van der Waals surface area contributed by atoms with Crippen molar-refractivity contribution in [1.29, 1.82) is 0 Å². The quantitative estimate of drug-likeness (QED) is 0.884. The van der Waals surface area contributed by atoms with Crippen molar-refractivity contribution in [3.63, 3.8) is 0 Å². The van der Waals surface area contributed by atoms with E-state index in [0.717, 1.165) is 11.3 Å². The molecule has 5 heteroatoms. The van der Waals surface area contributed by atoms with Gasteiger partial charge in [0.15, 0.2) is 0 Å². The molecule has 2 rings (SSSR count). The normalized spacial score (nSPS) is 12.4. The van der Waals surface area contributed by atoms with E-state index in [0.29, 0.717) is 24.6 Å². The summed E-state index contributed by atoms with van der Waals surface area (Å²) in [5.41, 5.74) is 6.81. The molecule has 0 fully saturated rings. The van der Waals surface area contributed by atoms with Crippen molar-refractivity contribution in [2.24, 2.45) is 5.73 Å². The van der Waals surface area contributed by atoms with Crippen LogP contribution < -0.4 is 10.5 Å². The molecule has 1 atom stereocenters. The predicted molar refractivity (Wildman–Crippen MR) is 76.5 cm³/mol. The topological polar surface area (TPSA) is 53.1 Å². The maximum absolute atomic E-state index is 6.20. The highest BCUT2D eigenvalue weighted by Crippen LogP contribution is 2.27. The first-order chi connectivity index (χ1) is 9.16. The van der Waals surface area contributed by atoms with E-state index in [-0.39, 0.29) is 6.04 Å². The minimum atomic E-state index is 0.0494. The van der Waals surface area contributed by atoms with Crippen molar-refractivity contribution in [2.45, 2.75) is 25.9 Å². The number of aromatic nitrogens is 2. The largest absolute Gasteiger partial charge is 0.491 e. The zero-order chi connectivity index (χ0) is 13.7. The lowest BCUT2D eigenvalue weighted by atomic mass is 10.1. The molecule has 102 valence electrons. The molecule has 4 nitrogen and oxygen atoms in total. The Morgan fingerprint density at radius 1 is 1.42 bits per heavy atom. The molecule has 0 amide bonds. The zero-order valence-electron chi connectivity index (χ0n) is 10.9. The summed E-state index contributed by atoms with van der Waals surface area (Å²) in [7, 11) is 0. The minimum Gasteiger partial charge on any atom is -0.491 e. The van der Waals surface area contributed by atoms with Crippen LogP contribution in [0, 0.1) is 0 Å². The van der Waals surface area contributed by atoms with Crippen molar-refractivity contribution in [3.05, 3.63) is 47.2 Å². The average molecular weight is 280 g/mol. The Morgan fingerprint density at radius 3 is 2.95 bits per heavy atom. The third-order valence-corrected chi connectivity index (χ3v) is 3.09. The van der Waals surface area contributed by atoms with Crippen LogP contribution in [0.1, 0.15) is 12.5 Å². The molecule has 0 saturated carbocycles. The maximum Gasteiger partial charge on any atom is 0.124 e. The van der Waals surface area contributed by atoms with E-state index in [2.05, 4.69) is 5.10 Å². The monoisotopic (exact) mass is 279 g/mol. The summed E-state index contributed by atoms with van der Waals surface area (Å²) in [5.74, 6) is 0.803. The van der Waals surface area contributed by atoms with Crippen molar-refractivity contribution >= 4 is 11.6 Å². The van der Waals surface area contributed by atoms with Crippen LogP contribution in [0.2, 0.25) is 5.02 Å². The standard InChI is InChI=1S/C14H18ClN3O/c1-11(16)10-12-13(15)4-2-5-14(12)19-9-8-18-7-3-6-17-18/h2-7,11H,8-10,16H2,1H3. The van der Waals surface area contributed by atoms with E-state index in [9.17, 15) is 0 Å². The van der Waals surface area contributed by atoms with Gasteiger partial charge in [-0.05, 0) is 31.5 Å². The second-order valence-corrected chi connectivity index (χ2v) is 4.92. The third-order valence-electron chi connectivity index (χ3n) is 2.74. The minimum absolute atomic E-state index is 0.0494. The molecule has 0 aliphatic rings. The lowest BCUT2D eigenvalue weighted by molar-refractivity contribution is 0.288. The second kappa shape index (κ2) is 6.59. The highest BCUT2D eigenvalue weighted by Gasteiger charge is 2.10. The van der Waals surface area contributed by atoms with E-state index in [1.165, 1.54) is 0 Å². The van der Waals surface area contributed by atoms with Crippen LogP contribution in [0.3, 0.4) is 0 Å². The van der Waals surface area contributed by atoms with Gasteiger partial charge >= 0.3 is 0 Å². The molecular formula is C14H18ClN3O. The van der Waals surface area contributed by atoms with Gasteiger partial charge in [-0.25, -0.2) is 0 Å². The third kappa shape index (κ3) is 3.98. The molecule has 1 aromatic heterocycles. The SMILES string of the molecule is CC(N)Cc1c(Cl)cccc1OCCn1cccn1. The van der Waals surface area contributed by atoms with Gasteiger partial charge in [0, 0.05) is 29.0 Å². The highest BCUT2D eigenvalue weighted by atomic mass is 35.5. The molecule has 0 radical (unpaired) electrons. The number of hydrogen-bond donors (Lipinski definition) is 1. The first-order valence-electron chi connectivity index (χ1n) is 6.30. The number of rotatable bonds is 6. The van der Waals surface area contributed by atoms with Crippen LogP contribution in [0.25, 0.3) is 0 Å². The smallest absolute Gasteiger partial charge is 0.124 e. The van der Waals surface area contributed by atoms with Gasteiger partial charge in [-0.15, -0.1) is 0 Å². The molecule has 1 heterocycles. The van der Waals surface area contributed by atoms with Gasteiger partial charge in [0.1, 0.15) is 12.4 Å². The molecule has 1 aromatic carbocycles. The molecule has 19 heavy (non-hydrogen) atoms. The summed E-state index contributed by atoms with van der Waals surface area (Å²) in [6.45, 7) is 3.21. The number of nitrogens with two attached hydrogens (primary N) is 1. The lowest BCUT2D eigenvalue weighted by Crippen LogP contribution is -2.19. The van der Waals surface area contributed by atoms with Crippen molar-refractivity contribution in [2.75, 3.05) is 6.61 Å². The fourth-order valence-corrected chi connectivity index (χ4v) is 2.12. The molecule has 0 aliphatic heterocycles. The van der Waals surface area contributed by atoms with Crippen LogP contribution >= 0.6 is 11.6 Å². The van der Waals surface area contributed by atoms with E-state index < -0.39 is 0 Å². The van der Waals surface area contributed by atoms with Crippen molar-refractivity contribution in [3.8, 4) is 5.75 Å². The van der Waals surface area contributed by atoms with E-state index in [4.69, 9.17) is 22.1 Å². The summed E-state index contributed by atoms with van der Waals surface area (Å²) in [4.78, 5) is 0. The van der Waals surface area contributed by atoms with Crippen molar-refractivity contribution < 1.29 is 4.74 Å². The van der Waals surface area contributed by atoms with Gasteiger partial charge in [-0.1, -0.05) is 17.7 Å². The molecule has 0 saturated heterocycles. The summed E-state index contributed by atoms with van der Waals surface area (Å²) in [6, 6.07) is 7.61. The number of halogens is 1. The summed E-state index contributed by atoms with van der Waals surface area (Å²) in [5, 5.41) is 4.83. The summed E-state index contributed by atoms with van der Waals surface area (Å²) < 4.78 is 7.62. The molecule has 2 aromatic rings. The molecule has 0 spiro atoms. The Kier molecular flexibility index (Phi) is 4.82. The van der Waals surface area contributed by atoms with Crippen LogP contribution in [-0.2, 0) is 13.0 Å². The Labute approximate surface area is 118 Å². The molecular weight excluding hydrogens is 262 g/mol. The van der Waals surface area contributed by atoms with Crippen molar-refractivity contribution in [1.82, 2.24) is 9.78 Å². The zero-order valence-corrected chi connectivity index (χ0v) is 11.7. The van der Waals surface area contributed by atoms with Crippen LogP contribution in [0.4, 0.5) is 0 Å². The van der Waals surface area contributed by atoms with Gasteiger partial charge in [0.05, 0.1) is 6.54 Å². The molecule has 0 bridgehead atoms. The van der Waals surface area contributed by atoms with Crippen LogP contribution in [-0.4, -0.2) is 22.4 Å². The molecule has 0 aliphatic carbocycles.